The minimum atomic E-state index is -0.930. The number of thioether (sulfide) groups is 1. The fraction of sp³-hybridized carbons (Fsp3) is 0.269. The number of amides is 2. The van der Waals surface area contributed by atoms with Gasteiger partial charge in [-0.1, -0.05) is 72.8 Å². The largest absolute Gasteiger partial charge is 0.427 e. The molecule has 2 amide bonds. The van der Waals surface area contributed by atoms with E-state index in [9.17, 15) is 14.4 Å². The van der Waals surface area contributed by atoms with E-state index in [2.05, 4.69) is 5.32 Å². The van der Waals surface area contributed by atoms with E-state index in [0.717, 1.165) is 5.56 Å². The standard InChI is InChI=1S/C26H25ClN2O5S/c1-33-26(18-11-6-3-7-12-18)34-25(32)22-19(13-8-14-27)16-35-24-21(23(31)29(22)24)28-20(30)15-17-9-4-2-5-10-17/h2-13,21,24,26H,14-16H2,1H3,(H,28,30)/b13-8+/t21-,24+,26?/m1/s1. The Kier molecular flexibility index (Phi) is 8.28. The van der Waals surface area contributed by atoms with E-state index in [1.165, 1.54) is 23.8 Å². The molecule has 1 fully saturated rings. The summed E-state index contributed by atoms with van der Waals surface area (Å²) in [5.74, 6) is -0.570. The third-order valence-electron chi connectivity index (χ3n) is 5.62. The molecule has 2 aromatic rings. The molecule has 35 heavy (non-hydrogen) atoms. The highest BCUT2D eigenvalue weighted by molar-refractivity contribution is 8.00. The summed E-state index contributed by atoms with van der Waals surface area (Å²) in [4.78, 5) is 40.4. The normalized spacial score (nSPS) is 20.3. The monoisotopic (exact) mass is 512 g/mol. The number of carbonyl (C=O) groups is 3. The van der Waals surface area contributed by atoms with E-state index >= 15 is 0 Å². The minimum absolute atomic E-state index is 0.145. The Hall–Kier alpha value is -3.07. The van der Waals surface area contributed by atoms with Crippen molar-refractivity contribution in [1.29, 1.82) is 0 Å². The van der Waals surface area contributed by atoms with E-state index in [4.69, 9.17) is 21.1 Å². The van der Waals surface area contributed by atoms with E-state index < -0.39 is 23.7 Å². The number of nitrogens with one attached hydrogen (secondary N) is 1. The van der Waals surface area contributed by atoms with Gasteiger partial charge in [-0.3, -0.25) is 14.5 Å². The Morgan fingerprint density at radius 1 is 1.17 bits per heavy atom. The maximum absolute atomic E-state index is 13.3. The number of hydrogen-bond acceptors (Lipinski definition) is 6. The van der Waals surface area contributed by atoms with Crippen molar-refractivity contribution in [2.24, 2.45) is 0 Å². The van der Waals surface area contributed by atoms with Crippen molar-refractivity contribution >= 4 is 41.1 Å². The number of rotatable bonds is 9. The lowest BCUT2D eigenvalue weighted by Crippen LogP contribution is -2.70. The topological polar surface area (TPSA) is 84.9 Å². The Bertz CT molecular complexity index is 1140. The molecule has 1 N–H and O–H groups in total. The third kappa shape index (κ3) is 5.61. The summed E-state index contributed by atoms with van der Waals surface area (Å²) in [5.41, 5.74) is 2.30. The van der Waals surface area contributed by atoms with Crippen molar-refractivity contribution in [3.8, 4) is 0 Å². The SMILES string of the molecule is COC(OC(=O)C1=C(/C=C/CCl)CS[C@H]2[C@H](NC(=O)Cc3ccccc3)C(=O)N12)c1ccccc1. The molecule has 182 valence electrons. The van der Waals surface area contributed by atoms with Crippen molar-refractivity contribution < 1.29 is 23.9 Å². The van der Waals surface area contributed by atoms with Crippen LogP contribution in [-0.2, 0) is 30.3 Å². The number of nitrogens with zero attached hydrogens (tertiary/aromatic N) is 1. The molecule has 9 heteroatoms. The van der Waals surface area contributed by atoms with Gasteiger partial charge in [0, 0.05) is 24.3 Å². The van der Waals surface area contributed by atoms with Gasteiger partial charge >= 0.3 is 5.97 Å². The average Bonchev–Trinajstić information content (AvgIpc) is 2.89. The molecule has 2 aliphatic heterocycles. The predicted molar refractivity (Wildman–Crippen MR) is 134 cm³/mol. The van der Waals surface area contributed by atoms with Crippen LogP contribution in [0.4, 0.5) is 0 Å². The van der Waals surface area contributed by atoms with Crippen LogP contribution in [0.15, 0.2) is 84.1 Å². The lowest BCUT2D eigenvalue weighted by molar-refractivity contribution is -0.175. The number of fused-ring (bicyclic) bond motifs is 1. The number of ether oxygens (including phenoxy) is 2. The van der Waals surface area contributed by atoms with Crippen LogP contribution in [0.25, 0.3) is 0 Å². The molecule has 7 nitrogen and oxygen atoms in total. The number of hydrogen-bond donors (Lipinski definition) is 1. The molecule has 4 rings (SSSR count). The van der Waals surface area contributed by atoms with Crippen LogP contribution in [0.3, 0.4) is 0 Å². The molecule has 3 atom stereocenters. The van der Waals surface area contributed by atoms with Gasteiger partial charge < -0.3 is 14.8 Å². The summed E-state index contributed by atoms with van der Waals surface area (Å²) in [6.07, 6.45) is 2.68. The first-order chi connectivity index (χ1) is 17.0. The Morgan fingerprint density at radius 2 is 1.86 bits per heavy atom. The molecule has 0 bridgehead atoms. The average molecular weight is 513 g/mol. The van der Waals surface area contributed by atoms with Crippen molar-refractivity contribution in [2.45, 2.75) is 24.1 Å². The number of allylic oxidation sites excluding steroid dienone is 2. The quantitative estimate of drug-likeness (QED) is 0.239. The molecule has 2 heterocycles. The van der Waals surface area contributed by atoms with E-state index in [-0.39, 0.29) is 29.8 Å². The van der Waals surface area contributed by atoms with Gasteiger partial charge in [-0.25, -0.2) is 4.79 Å². The zero-order valence-electron chi connectivity index (χ0n) is 19.1. The van der Waals surface area contributed by atoms with Gasteiger partial charge in [0.15, 0.2) is 0 Å². The Balaban J connectivity index is 1.51. The van der Waals surface area contributed by atoms with Gasteiger partial charge in [0.1, 0.15) is 17.1 Å². The molecule has 1 unspecified atom stereocenters. The number of β-lactam (4-membered cyclic amide) rings is 1. The molecule has 1 saturated heterocycles. The maximum Gasteiger partial charge on any atom is 0.357 e. The summed E-state index contributed by atoms with van der Waals surface area (Å²) in [6, 6.07) is 17.7. The smallest absolute Gasteiger partial charge is 0.357 e. The number of carbonyl (C=O) groups excluding carboxylic acids is 3. The second-order valence-electron chi connectivity index (χ2n) is 7.93. The van der Waals surface area contributed by atoms with E-state index in [0.29, 0.717) is 16.9 Å². The zero-order chi connectivity index (χ0) is 24.8. The summed E-state index contributed by atoms with van der Waals surface area (Å²) >= 11 is 7.28. The van der Waals surface area contributed by atoms with Gasteiger partial charge in [0.2, 0.25) is 12.2 Å². The molecule has 0 aliphatic carbocycles. The highest BCUT2D eigenvalue weighted by Crippen LogP contribution is 2.41. The van der Waals surface area contributed by atoms with Crippen LogP contribution >= 0.6 is 23.4 Å². The van der Waals surface area contributed by atoms with Crippen molar-refractivity contribution in [3.63, 3.8) is 0 Å². The van der Waals surface area contributed by atoms with Crippen molar-refractivity contribution in [3.05, 3.63) is 95.2 Å². The highest BCUT2D eigenvalue weighted by atomic mass is 35.5. The highest BCUT2D eigenvalue weighted by Gasteiger charge is 2.54. The van der Waals surface area contributed by atoms with E-state index in [1.54, 1.807) is 24.3 Å². The second-order valence-corrected chi connectivity index (χ2v) is 9.35. The van der Waals surface area contributed by atoms with Crippen LogP contribution in [0.1, 0.15) is 17.4 Å². The summed E-state index contributed by atoms with van der Waals surface area (Å²) in [7, 11) is 1.44. The van der Waals surface area contributed by atoms with Gasteiger partial charge in [0.05, 0.1) is 6.42 Å². The first-order valence-corrected chi connectivity index (χ1v) is 12.6. The molecule has 2 aliphatic rings. The number of methoxy groups -OCH3 is 1. The minimum Gasteiger partial charge on any atom is -0.427 e. The van der Waals surface area contributed by atoms with Crippen molar-refractivity contribution in [1.82, 2.24) is 10.2 Å². The van der Waals surface area contributed by atoms with Gasteiger partial charge in [-0.15, -0.1) is 23.4 Å². The van der Waals surface area contributed by atoms with Crippen LogP contribution < -0.4 is 5.32 Å². The number of halogens is 1. The van der Waals surface area contributed by atoms with Gasteiger partial charge in [-0.05, 0) is 11.1 Å². The maximum atomic E-state index is 13.3. The first-order valence-electron chi connectivity index (χ1n) is 11.1. The Labute approximate surface area is 213 Å². The van der Waals surface area contributed by atoms with E-state index in [1.807, 2.05) is 48.5 Å². The molecule has 0 saturated carbocycles. The van der Waals surface area contributed by atoms with Crippen LogP contribution in [0.5, 0.6) is 0 Å². The van der Waals surface area contributed by atoms with Crippen LogP contribution in [-0.4, -0.2) is 52.8 Å². The fourth-order valence-corrected chi connectivity index (χ4v) is 5.38. The Morgan fingerprint density at radius 3 is 2.51 bits per heavy atom. The fourth-order valence-electron chi connectivity index (χ4n) is 3.97. The molecular weight excluding hydrogens is 488 g/mol. The number of benzene rings is 2. The van der Waals surface area contributed by atoms with Crippen LogP contribution in [0.2, 0.25) is 0 Å². The molecule has 0 radical (unpaired) electrons. The molecular formula is C26H25ClN2O5S. The third-order valence-corrected chi connectivity index (χ3v) is 7.10. The lowest BCUT2D eigenvalue weighted by atomic mass is 10.0. The second kappa shape index (κ2) is 11.6. The number of esters is 1. The molecule has 0 aromatic heterocycles. The van der Waals surface area contributed by atoms with Gasteiger partial charge in [-0.2, -0.15) is 0 Å². The van der Waals surface area contributed by atoms with Crippen LogP contribution in [0, 0.1) is 0 Å². The first kappa shape index (κ1) is 25.0. The zero-order valence-corrected chi connectivity index (χ0v) is 20.6. The summed E-state index contributed by atoms with van der Waals surface area (Å²) in [5, 5.41) is 2.41. The van der Waals surface area contributed by atoms with Crippen molar-refractivity contribution in [2.75, 3.05) is 18.7 Å². The number of alkyl halides is 1. The lowest BCUT2D eigenvalue weighted by Gasteiger charge is -2.49. The van der Waals surface area contributed by atoms with Gasteiger partial charge in [0.25, 0.3) is 5.91 Å². The summed E-state index contributed by atoms with van der Waals surface area (Å²) in [6.45, 7) is 0. The predicted octanol–water partition coefficient (Wildman–Crippen LogP) is 3.57. The summed E-state index contributed by atoms with van der Waals surface area (Å²) < 4.78 is 11.0. The molecule has 0 spiro atoms. The molecule has 2 aromatic carbocycles.